The van der Waals surface area contributed by atoms with Gasteiger partial charge in [0.1, 0.15) is 11.9 Å². The van der Waals surface area contributed by atoms with Crippen LogP contribution in [0, 0.1) is 0 Å². The zero-order chi connectivity index (χ0) is 16.1. The molecule has 1 aliphatic carbocycles. The highest BCUT2D eigenvalue weighted by atomic mass is 16.2. The highest BCUT2D eigenvalue weighted by Gasteiger charge is 2.22. The molecular formula is C16H24N4O2. The molecule has 0 radical (unpaired) electrons. The van der Waals surface area contributed by atoms with Crippen LogP contribution in [0.5, 0.6) is 0 Å². The zero-order valence-electron chi connectivity index (χ0n) is 13.4. The SMILES string of the molecule is CCN(CC)C(=O)C(C)NC(=O)c1ccc(NC2CC2)nc1. The second-order valence-electron chi connectivity index (χ2n) is 5.56. The van der Waals surface area contributed by atoms with Crippen LogP contribution in [0.3, 0.4) is 0 Å². The molecule has 1 aliphatic rings. The van der Waals surface area contributed by atoms with Crippen molar-refractivity contribution in [2.75, 3.05) is 18.4 Å². The third-order valence-corrected chi connectivity index (χ3v) is 3.75. The second kappa shape index (κ2) is 7.24. The van der Waals surface area contributed by atoms with Crippen LogP contribution in [-0.4, -0.2) is 46.9 Å². The van der Waals surface area contributed by atoms with Crippen molar-refractivity contribution in [1.29, 1.82) is 0 Å². The summed E-state index contributed by atoms with van der Waals surface area (Å²) in [5.74, 6) is 0.433. The molecule has 2 N–H and O–H groups in total. The van der Waals surface area contributed by atoms with E-state index in [0.29, 0.717) is 24.7 Å². The Bertz CT molecular complexity index is 521. The van der Waals surface area contributed by atoms with Crippen molar-refractivity contribution in [2.45, 2.75) is 45.7 Å². The molecule has 1 aromatic rings. The molecule has 1 aromatic heterocycles. The summed E-state index contributed by atoms with van der Waals surface area (Å²) in [6, 6.07) is 3.50. The van der Waals surface area contributed by atoms with E-state index in [9.17, 15) is 9.59 Å². The third-order valence-electron chi connectivity index (χ3n) is 3.75. The number of anilines is 1. The number of carbonyl (C=O) groups excluding carboxylic acids is 2. The lowest BCUT2D eigenvalue weighted by Gasteiger charge is -2.23. The molecule has 1 heterocycles. The molecule has 0 aliphatic heterocycles. The topological polar surface area (TPSA) is 74.3 Å². The molecule has 0 bridgehead atoms. The quantitative estimate of drug-likeness (QED) is 0.803. The van der Waals surface area contributed by atoms with Crippen LogP contribution in [0.1, 0.15) is 44.0 Å². The summed E-state index contributed by atoms with van der Waals surface area (Å²) in [7, 11) is 0. The fraction of sp³-hybridized carbons (Fsp3) is 0.562. The van der Waals surface area contributed by atoms with Crippen molar-refractivity contribution in [3.63, 3.8) is 0 Å². The first-order valence-corrected chi connectivity index (χ1v) is 7.87. The van der Waals surface area contributed by atoms with Gasteiger partial charge in [0, 0.05) is 25.3 Å². The zero-order valence-corrected chi connectivity index (χ0v) is 13.4. The van der Waals surface area contributed by atoms with Gasteiger partial charge in [-0.2, -0.15) is 0 Å². The molecule has 22 heavy (non-hydrogen) atoms. The summed E-state index contributed by atoms with van der Waals surface area (Å²) < 4.78 is 0. The van der Waals surface area contributed by atoms with Gasteiger partial charge < -0.3 is 15.5 Å². The monoisotopic (exact) mass is 304 g/mol. The molecule has 0 saturated heterocycles. The summed E-state index contributed by atoms with van der Waals surface area (Å²) >= 11 is 0. The van der Waals surface area contributed by atoms with E-state index >= 15 is 0 Å². The van der Waals surface area contributed by atoms with Crippen molar-refractivity contribution in [3.8, 4) is 0 Å². The van der Waals surface area contributed by atoms with E-state index < -0.39 is 6.04 Å². The highest BCUT2D eigenvalue weighted by molar-refractivity contribution is 5.97. The highest BCUT2D eigenvalue weighted by Crippen LogP contribution is 2.23. The molecular weight excluding hydrogens is 280 g/mol. The number of hydrogen-bond donors (Lipinski definition) is 2. The Hall–Kier alpha value is -2.11. The summed E-state index contributed by atoms with van der Waals surface area (Å²) in [6.45, 7) is 6.82. The van der Waals surface area contributed by atoms with E-state index in [-0.39, 0.29) is 11.8 Å². The molecule has 6 nitrogen and oxygen atoms in total. The van der Waals surface area contributed by atoms with Crippen LogP contribution in [-0.2, 0) is 4.79 Å². The van der Waals surface area contributed by atoms with Crippen LogP contribution >= 0.6 is 0 Å². The van der Waals surface area contributed by atoms with Crippen molar-refractivity contribution in [1.82, 2.24) is 15.2 Å². The number of nitrogens with one attached hydrogen (secondary N) is 2. The van der Waals surface area contributed by atoms with E-state index in [4.69, 9.17) is 0 Å². The van der Waals surface area contributed by atoms with Crippen molar-refractivity contribution in [2.24, 2.45) is 0 Å². The van der Waals surface area contributed by atoms with E-state index in [1.165, 1.54) is 19.0 Å². The first-order valence-electron chi connectivity index (χ1n) is 7.87. The van der Waals surface area contributed by atoms with E-state index in [2.05, 4.69) is 15.6 Å². The van der Waals surface area contributed by atoms with Gasteiger partial charge in [0.05, 0.1) is 5.56 Å². The number of amides is 2. The predicted molar refractivity (Wildman–Crippen MR) is 85.7 cm³/mol. The predicted octanol–water partition coefficient (Wildman–Crippen LogP) is 1.64. The minimum absolute atomic E-state index is 0.0710. The fourth-order valence-corrected chi connectivity index (χ4v) is 2.20. The lowest BCUT2D eigenvalue weighted by molar-refractivity contribution is -0.132. The summed E-state index contributed by atoms with van der Waals surface area (Å²) in [5.41, 5.74) is 0.459. The molecule has 6 heteroatoms. The largest absolute Gasteiger partial charge is 0.367 e. The Labute approximate surface area is 131 Å². The number of carbonyl (C=O) groups is 2. The van der Waals surface area contributed by atoms with E-state index in [0.717, 1.165) is 5.82 Å². The first-order chi connectivity index (χ1) is 10.5. The van der Waals surface area contributed by atoms with Crippen molar-refractivity contribution < 1.29 is 9.59 Å². The van der Waals surface area contributed by atoms with Gasteiger partial charge in [-0.25, -0.2) is 4.98 Å². The lowest BCUT2D eigenvalue weighted by Crippen LogP contribution is -2.46. The standard InChI is InChI=1S/C16H24N4O2/c1-4-20(5-2)16(22)11(3)18-15(21)12-6-9-14(17-10-12)19-13-7-8-13/h6,9-11,13H,4-5,7-8H2,1-3H3,(H,17,19)(H,18,21). The fourth-order valence-electron chi connectivity index (χ4n) is 2.20. The van der Waals surface area contributed by atoms with Gasteiger partial charge in [-0.1, -0.05) is 0 Å². The first kappa shape index (κ1) is 16.3. The van der Waals surface area contributed by atoms with Crippen LogP contribution in [0.25, 0.3) is 0 Å². The minimum atomic E-state index is -0.545. The van der Waals surface area contributed by atoms with Gasteiger partial charge in [0.15, 0.2) is 0 Å². The normalized spacial score (nSPS) is 15.0. The summed E-state index contributed by atoms with van der Waals surface area (Å²) in [5, 5.41) is 5.99. The Balaban J connectivity index is 1.91. The average molecular weight is 304 g/mol. The maximum absolute atomic E-state index is 12.2. The van der Waals surface area contributed by atoms with Gasteiger partial charge in [-0.15, -0.1) is 0 Å². The van der Waals surface area contributed by atoms with Crippen LogP contribution < -0.4 is 10.6 Å². The van der Waals surface area contributed by atoms with Gasteiger partial charge in [0.25, 0.3) is 5.91 Å². The Kier molecular flexibility index (Phi) is 5.35. The molecule has 1 atom stereocenters. The molecule has 1 fully saturated rings. The van der Waals surface area contributed by atoms with Crippen molar-refractivity contribution >= 4 is 17.6 Å². The van der Waals surface area contributed by atoms with Crippen LogP contribution in [0.2, 0.25) is 0 Å². The second-order valence-corrected chi connectivity index (χ2v) is 5.56. The maximum Gasteiger partial charge on any atom is 0.253 e. The summed E-state index contributed by atoms with van der Waals surface area (Å²) in [6.07, 6.45) is 3.89. The smallest absolute Gasteiger partial charge is 0.253 e. The maximum atomic E-state index is 12.2. The number of aromatic nitrogens is 1. The molecule has 0 aromatic carbocycles. The average Bonchev–Trinajstić information content (AvgIpc) is 3.33. The Morgan fingerprint density at radius 1 is 1.32 bits per heavy atom. The number of rotatable bonds is 7. The van der Waals surface area contributed by atoms with Crippen LogP contribution in [0.15, 0.2) is 18.3 Å². The molecule has 120 valence electrons. The van der Waals surface area contributed by atoms with Gasteiger partial charge in [-0.05, 0) is 45.7 Å². The van der Waals surface area contributed by atoms with Gasteiger partial charge in [0.2, 0.25) is 5.91 Å². The number of likely N-dealkylation sites (N-methyl/N-ethyl adjacent to an activating group) is 1. The summed E-state index contributed by atoms with van der Waals surface area (Å²) in [4.78, 5) is 30.2. The molecule has 2 amide bonds. The molecule has 2 rings (SSSR count). The van der Waals surface area contributed by atoms with Crippen molar-refractivity contribution in [3.05, 3.63) is 23.9 Å². The Morgan fingerprint density at radius 2 is 2.00 bits per heavy atom. The molecule has 0 spiro atoms. The minimum Gasteiger partial charge on any atom is -0.367 e. The number of hydrogen-bond acceptors (Lipinski definition) is 4. The Morgan fingerprint density at radius 3 is 2.50 bits per heavy atom. The van der Waals surface area contributed by atoms with E-state index in [1.807, 2.05) is 13.8 Å². The molecule has 1 unspecified atom stereocenters. The van der Waals surface area contributed by atoms with E-state index in [1.54, 1.807) is 24.0 Å². The lowest BCUT2D eigenvalue weighted by atomic mass is 10.2. The third kappa shape index (κ3) is 4.19. The number of nitrogens with zero attached hydrogens (tertiary/aromatic N) is 2. The molecule has 1 saturated carbocycles. The van der Waals surface area contributed by atoms with Gasteiger partial charge in [-0.3, -0.25) is 9.59 Å². The van der Waals surface area contributed by atoms with Gasteiger partial charge >= 0.3 is 0 Å². The van der Waals surface area contributed by atoms with Crippen LogP contribution in [0.4, 0.5) is 5.82 Å². The number of pyridine rings is 1.